The van der Waals surface area contributed by atoms with E-state index in [0.29, 0.717) is 17.4 Å². The molecule has 0 heterocycles. The Hall–Kier alpha value is -1.75. The van der Waals surface area contributed by atoms with Crippen LogP contribution in [0.5, 0.6) is 5.75 Å². The summed E-state index contributed by atoms with van der Waals surface area (Å²) in [6, 6.07) is 7.10. The molecule has 0 spiro atoms. The second-order valence-electron chi connectivity index (χ2n) is 7.40. The third kappa shape index (κ3) is 14.3. The number of para-hydroxylation sites is 1. The maximum atomic E-state index is 11.7. The Labute approximate surface area is 186 Å². The SMILES string of the molecule is CCCCCCCCCCCCOC(=O)CCC(=O)OCCOc1ccccc1Cl. The summed E-state index contributed by atoms with van der Waals surface area (Å²) < 4.78 is 15.7. The van der Waals surface area contributed by atoms with Crippen LogP contribution >= 0.6 is 11.6 Å². The number of unbranched alkanes of at least 4 members (excludes halogenated alkanes) is 9. The van der Waals surface area contributed by atoms with Gasteiger partial charge in [0.1, 0.15) is 19.0 Å². The Morgan fingerprint density at radius 1 is 0.733 bits per heavy atom. The van der Waals surface area contributed by atoms with Crippen molar-refractivity contribution in [1.29, 1.82) is 0 Å². The summed E-state index contributed by atoms with van der Waals surface area (Å²) in [5.74, 6) is -0.241. The van der Waals surface area contributed by atoms with E-state index in [1.54, 1.807) is 12.1 Å². The number of carbonyl (C=O) groups excluding carboxylic acids is 2. The van der Waals surface area contributed by atoms with E-state index in [-0.39, 0.29) is 32.0 Å². The van der Waals surface area contributed by atoms with Gasteiger partial charge in [0.25, 0.3) is 0 Å². The average Bonchev–Trinajstić information content (AvgIpc) is 2.74. The van der Waals surface area contributed by atoms with E-state index in [2.05, 4.69) is 6.92 Å². The first-order valence-corrected chi connectivity index (χ1v) is 11.7. The molecule has 1 rings (SSSR count). The van der Waals surface area contributed by atoms with E-state index in [1.165, 1.54) is 51.4 Å². The van der Waals surface area contributed by atoms with Gasteiger partial charge in [-0.15, -0.1) is 0 Å². The van der Waals surface area contributed by atoms with Crippen molar-refractivity contribution in [2.75, 3.05) is 19.8 Å². The van der Waals surface area contributed by atoms with Gasteiger partial charge in [-0.2, -0.15) is 0 Å². The van der Waals surface area contributed by atoms with Crippen LogP contribution in [0.15, 0.2) is 24.3 Å². The Bertz CT molecular complexity index is 591. The van der Waals surface area contributed by atoms with Crippen LogP contribution in [0, 0.1) is 0 Å². The fourth-order valence-corrected chi connectivity index (χ4v) is 3.18. The fraction of sp³-hybridized carbons (Fsp3) is 0.667. The number of hydrogen-bond donors (Lipinski definition) is 0. The smallest absolute Gasteiger partial charge is 0.306 e. The van der Waals surface area contributed by atoms with Crippen LogP contribution in [-0.4, -0.2) is 31.8 Å². The maximum absolute atomic E-state index is 11.7. The Balaban J connectivity index is 1.90. The molecule has 0 atom stereocenters. The summed E-state index contributed by atoms with van der Waals surface area (Å²) in [5.41, 5.74) is 0. The lowest BCUT2D eigenvalue weighted by Crippen LogP contribution is -2.14. The number of rotatable bonds is 18. The van der Waals surface area contributed by atoms with Crippen LogP contribution in [0.1, 0.15) is 84.0 Å². The van der Waals surface area contributed by atoms with Crippen LogP contribution < -0.4 is 4.74 Å². The highest BCUT2D eigenvalue weighted by Gasteiger charge is 2.09. The molecule has 0 bridgehead atoms. The highest BCUT2D eigenvalue weighted by Crippen LogP contribution is 2.22. The lowest BCUT2D eigenvalue weighted by Gasteiger charge is -2.08. The van der Waals surface area contributed by atoms with Crippen molar-refractivity contribution in [3.05, 3.63) is 29.3 Å². The summed E-state index contributed by atoms with van der Waals surface area (Å²) in [6.45, 7) is 2.98. The van der Waals surface area contributed by atoms with Crippen molar-refractivity contribution < 1.29 is 23.8 Å². The molecule has 0 aliphatic heterocycles. The summed E-state index contributed by atoms with van der Waals surface area (Å²) in [5, 5.41) is 0.508. The molecule has 0 aliphatic carbocycles. The summed E-state index contributed by atoms with van der Waals surface area (Å²) in [4.78, 5) is 23.4. The third-order valence-corrected chi connectivity index (χ3v) is 5.05. The van der Waals surface area contributed by atoms with Crippen molar-refractivity contribution in [3.63, 3.8) is 0 Å². The zero-order valence-electron chi connectivity index (χ0n) is 18.3. The Kier molecular flexibility index (Phi) is 15.8. The van der Waals surface area contributed by atoms with Gasteiger partial charge in [-0.05, 0) is 18.6 Å². The molecular formula is C24H37ClO5. The Morgan fingerprint density at radius 2 is 1.27 bits per heavy atom. The van der Waals surface area contributed by atoms with Crippen molar-refractivity contribution in [2.24, 2.45) is 0 Å². The minimum absolute atomic E-state index is 0.0168. The maximum Gasteiger partial charge on any atom is 0.306 e. The highest BCUT2D eigenvalue weighted by molar-refractivity contribution is 6.32. The molecule has 1 aromatic rings. The van der Waals surface area contributed by atoms with Gasteiger partial charge in [0.2, 0.25) is 0 Å². The van der Waals surface area contributed by atoms with E-state index < -0.39 is 5.97 Å². The average molecular weight is 441 g/mol. The summed E-state index contributed by atoms with van der Waals surface area (Å²) >= 11 is 5.97. The predicted molar refractivity (Wildman–Crippen MR) is 120 cm³/mol. The fourth-order valence-electron chi connectivity index (χ4n) is 2.99. The van der Waals surface area contributed by atoms with Gasteiger partial charge in [0.15, 0.2) is 0 Å². The molecule has 0 radical (unpaired) electrons. The molecule has 0 saturated heterocycles. The highest BCUT2D eigenvalue weighted by atomic mass is 35.5. The van der Waals surface area contributed by atoms with Crippen molar-refractivity contribution in [2.45, 2.75) is 84.0 Å². The molecule has 6 heteroatoms. The number of hydrogen-bond acceptors (Lipinski definition) is 5. The van der Waals surface area contributed by atoms with Crippen molar-refractivity contribution in [3.8, 4) is 5.75 Å². The number of carbonyl (C=O) groups is 2. The van der Waals surface area contributed by atoms with Crippen LogP contribution in [-0.2, 0) is 19.1 Å². The number of ether oxygens (including phenoxy) is 3. The van der Waals surface area contributed by atoms with Gasteiger partial charge in [-0.1, -0.05) is 88.4 Å². The molecule has 0 aliphatic rings. The molecule has 5 nitrogen and oxygen atoms in total. The first-order chi connectivity index (χ1) is 14.6. The van der Waals surface area contributed by atoms with E-state index in [1.807, 2.05) is 12.1 Å². The molecule has 170 valence electrons. The largest absolute Gasteiger partial charge is 0.488 e. The van der Waals surface area contributed by atoms with Gasteiger partial charge < -0.3 is 14.2 Å². The van der Waals surface area contributed by atoms with Gasteiger partial charge in [-0.3, -0.25) is 9.59 Å². The second-order valence-corrected chi connectivity index (χ2v) is 7.81. The lowest BCUT2D eigenvalue weighted by molar-refractivity contribution is -0.150. The molecule has 1 aromatic carbocycles. The van der Waals surface area contributed by atoms with Gasteiger partial charge >= 0.3 is 11.9 Å². The zero-order chi connectivity index (χ0) is 21.9. The standard InChI is InChI=1S/C24H37ClO5/c1-2-3-4-5-6-7-8-9-10-13-18-29-23(26)16-17-24(27)30-20-19-28-22-15-12-11-14-21(22)25/h11-12,14-15H,2-10,13,16-20H2,1H3. The normalized spacial score (nSPS) is 10.6. The molecule has 30 heavy (non-hydrogen) atoms. The molecule has 0 fully saturated rings. The van der Waals surface area contributed by atoms with Crippen LogP contribution in [0.2, 0.25) is 5.02 Å². The predicted octanol–water partition coefficient (Wildman–Crippen LogP) is 6.51. The van der Waals surface area contributed by atoms with Gasteiger partial charge in [0, 0.05) is 0 Å². The summed E-state index contributed by atoms with van der Waals surface area (Å²) in [6.07, 6.45) is 12.4. The van der Waals surface area contributed by atoms with E-state index >= 15 is 0 Å². The topological polar surface area (TPSA) is 61.8 Å². The van der Waals surface area contributed by atoms with E-state index in [9.17, 15) is 9.59 Å². The minimum Gasteiger partial charge on any atom is -0.488 e. The van der Waals surface area contributed by atoms with Crippen molar-refractivity contribution in [1.82, 2.24) is 0 Å². The quantitative estimate of drug-likeness (QED) is 0.192. The number of esters is 2. The molecule has 0 amide bonds. The van der Waals surface area contributed by atoms with Gasteiger partial charge in [0.05, 0.1) is 24.5 Å². The first kappa shape index (κ1) is 26.3. The van der Waals surface area contributed by atoms with Crippen LogP contribution in [0.3, 0.4) is 0 Å². The molecule has 0 aromatic heterocycles. The molecule has 0 N–H and O–H groups in total. The van der Waals surface area contributed by atoms with Gasteiger partial charge in [-0.25, -0.2) is 0 Å². The van der Waals surface area contributed by atoms with Crippen LogP contribution in [0.25, 0.3) is 0 Å². The number of halogens is 1. The minimum atomic E-state index is -0.436. The van der Waals surface area contributed by atoms with Crippen molar-refractivity contribution >= 4 is 23.5 Å². The third-order valence-electron chi connectivity index (χ3n) is 4.73. The van der Waals surface area contributed by atoms with E-state index in [0.717, 1.165) is 12.8 Å². The second kappa shape index (κ2) is 18.1. The lowest BCUT2D eigenvalue weighted by atomic mass is 10.1. The monoisotopic (exact) mass is 440 g/mol. The Morgan fingerprint density at radius 3 is 1.87 bits per heavy atom. The van der Waals surface area contributed by atoms with E-state index in [4.69, 9.17) is 25.8 Å². The zero-order valence-corrected chi connectivity index (χ0v) is 19.1. The molecule has 0 saturated carbocycles. The number of benzene rings is 1. The van der Waals surface area contributed by atoms with Crippen LogP contribution in [0.4, 0.5) is 0 Å². The first-order valence-electron chi connectivity index (χ1n) is 11.3. The summed E-state index contributed by atoms with van der Waals surface area (Å²) in [7, 11) is 0. The molecular weight excluding hydrogens is 404 g/mol. The molecule has 0 unspecified atom stereocenters.